The molecule has 0 spiro atoms. The van der Waals surface area contributed by atoms with E-state index in [0.717, 1.165) is 5.56 Å². The fourth-order valence-electron chi connectivity index (χ4n) is 0.923. The van der Waals surface area contributed by atoms with Crippen LogP contribution in [0.2, 0.25) is 0 Å². The highest BCUT2D eigenvalue weighted by Crippen LogP contribution is 2.13. The second-order valence-electron chi connectivity index (χ2n) is 2.38. The van der Waals surface area contributed by atoms with Gasteiger partial charge in [-0.3, -0.25) is 0 Å². The maximum Gasteiger partial charge on any atom is 0.241 e. The lowest BCUT2D eigenvalue weighted by atomic mass is 10.3. The van der Waals surface area contributed by atoms with Gasteiger partial charge >= 0.3 is 0 Å². The summed E-state index contributed by atoms with van der Waals surface area (Å²) in [5.41, 5.74) is 6.13. The number of nitrogen functional groups attached to an aromatic ring is 2. The van der Waals surface area contributed by atoms with E-state index < -0.39 is 0 Å². The Hall–Kier alpha value is -2.18. The Morgan fingerprint density at radius 2 is 2.08 bits per heavy atom. The van der Waals surface area contributed by atoms with Crippen molar-refractivity contribution in [2.75, 3.05) is 11.6 Å². The average molecular weight is 177 g/mol. The van der Waals surface area contributed by atoms with Crippen molar-refractivity contribution < 1.29 is 0 Å². The van der Waals surface area contributed by atoms with Crippen LogP contribution in [0, 0.1) is 0 Å². The Kier molecular flexibility index (Phi) is 1.55. The predicted molar refractivity (Wildman–Crippen MR) is 45.6 cm³/mol. The fourth-order valence-corrected chi connectivity index (χ4v) is 0.923. The van der Waals surface area contributed by atoms with Crippen LogP contribution in [0.4, 0.5) is 5.95 Å². The van der Waals surface area contributed by atoms with Crippen LogP contribution in [0.15, 0.2) is 18.5 Å². The monoisotopic (exact) mass is 177 g/mol. The first kappa shape index (κ1) is 7.47. The highest BCUT2D eigenvalue weighted by molar-refractivity contribution is 5.54. The summed E-state index contributed by atoms with van der Waals surface area (Å²) in [5.74, 6) is 6.18. The van der Waals surface area contributed by atoms with Gasteiger partial charge in [-0.1, -0.05) is 0 Å². The quantitative estimate of drug-likeness (QED) is 0.542. The van der Waals surface area contributed by atoms with Crippen molar-refractivity contribution in [3.05, 3.63) is 18.5 Å². The third-order valence-corrected chi connectivity index (χ3v) is 1.56. The molecular weight excluding hydrogens is 170 g/mol. The van der Waals surface area contributed by atoms with Crippen LogP contribution in [0.3, 0.4) is 0 Å². The summed E-state index contributed by atoms with van der Waals surface area (Å²) in [6.45, 7) is 0. The Morgan fingerprint density at radius 1 is 1.23 bits per heavy atom. The van der Waals surface area contributed by atoms with Crippen LogP contribution in [-0.2, 0) is 0 Å². The van der Waals surface area contributed by atoms with E-state index in [1.807, 2.05) is 0 Å². The highest BCUT2D eigenvalue weighted by atomic mass is 15.4. The van der Waals surface area contributed by atoms with E-state index in [9.17, 15) is 0 Å². The summed E-state index contributed by atoms with van der Waals surface area (Å²) in [4.78, 5) is 0. The van der Waals surface area contributed by atoms with Crippen LogP contribution >= 0.6 is 0 Å². The Bertz CT molecular complexity index is 406. The van der Waals surface area contributed by atoms with Crippen molar-refractivity contribution in [2.24, 2.45) is 0 Å². The van der Waals surface area contributed by atoms with Gasteiger partial charge in [-0.15, -0.1) is 10.2 Å². The van der Waals surface area contributed by atoms with E-state index in [0.29, 0.717) is 5.82 Å². The number of anilines is 1. The summed E-state index contributed by atoms with van der Waals surface area (Å²) < 4.78 is 1.19. The van der Waals surface area contributed by atoms with Crippen molar-refractivity contribution in [3.8, 4) is 11.4 Å². The Labute approximate surface area is 73.4 Å². The summed E-state index contributed by atoms with van der Waals surface area (Å²) in [6, 6.07) is 1.72. The van der Waals surface area contributed by atoms with Crippen molar-refractivity contribution >= 4 is 5.95 Å². The summed E-state index contributed by atoms with van der Waals surface area (Å²) in [5, 5.41) is 14.7. The first-order valence-electron chi connectivity index (χ1n) is 3.52. The van der Waals surface area contributed by atoms with Crippen LogP contribution in [0.1, 0.15) is 0 Å². The lowest BCUT2D eigenvalue weighted by molar-refractivity contribution is 0.994. The molecule has 2 heterocycles. The van der Waals surface area contributed by atoms with Gasteiger partial charge in [0.2, 0.25) is 5.95 Å². The number of nitrogens with two attached hydrogens (primary N) is 2. The van der Waals surface area contributed by atoms with Crippen molar-refractivity contribution in [2.45, 2.75) is 0 Å². The van der Waals surface area contributed by atoms with E-state index in [1.165, 1.54) is 10.9 Å². The number of aromatic nitrogens is 5. The topological polar surface area (TPSA) is 109 Å². The molecule has 66 valence electrons. The minimum absolute atomic E-state index is 0.159. The largest absolute Gasteiger partial charge is 0.366 e. The lowest BCUT2D eigenvalue weighted by Crippen LogP contribution is -2.13. The van der Waals surface area contributed by atoms with Crippen LogP contribution in [-0.4, -0.2) is 25.1 Å². The molecule has 0 amide bonds. The van der Waals surface area contributed by atoms with E-state index in [1.54, 1.807) is 12.3 Å². The van der Waals surface area contributed by atoms with Gasteiger partial charge in [0.25, 0.3) is 0 Å². The first-order valence-corrected chi connectivity index (χ1v) is 3.52. The minimum Gasteiger partial charge on any atom is -0.366 e. The molecule has 7 nitrogen and oxygen atoms in total. The maximum atomic E-state index is 5.55. The summed E-state index contributed by atoms with van der Waals surface area (Å²) in [7, 11) is 0. The van der Waals surface area contributed by atoms with Gasteiger partial charge in [0.1, 0.15) is 0 Å². The molecule has 2 rings (SSSR count). The zero-order valence-corrected chi connectivity index (χ0v) is 6.62. The molecule has 2 aromatic heterocycles. The van der Waals surface area contributed by atoms with Gasteiger partial charge in [0.05, 0.1) is 12.4 Å². The molecule has 0 saturated heterocycles. The molecule has 0 bridgehead atoms. The van der Waals surface area contributed by atoms with Gasteiger partial charge in [-0.25, -0.2) is 4.68 Å². The van der Waals surface area contributed by atoms with Crippen molar-refractivity contribution in [1.82, 2.24) is 25.1 Å². The van der Waals surface area contributed by atoms with E-state index in [-0.39, 0.29) is 5.95 Å². The van der Waals surface area contributed by atoms with E-state index >= 15 is 0 Å². The summed E-state index contributed by atoms with van der Waals surface area (Å²) in [6.07, 6.45) is 3.08. The molecule has 7 heteroatoms. The third-order valence-electron chi connectivity index (χ3n) is 1.56. The average Bonchev–Trinajstić information content (AvgIpc) is 2.49. The Morgan fingerprint density at radius 3 is 2.62 bits per heavy atom. The summed E-state index contributed by atoms with van der Waals surface area (Å²) >= 11 is 0. The van der Waals surface area contributed by atoms with Crippen LogP contribution < -0.4 is 11.6 Å². The van der Waals surface area contributed by atoms with Crippen LogP contribution in [0.25, 0.3) is 11.4 Å². The number of hydrogen-bond acceptors (Lipinski definition) is 6. The zero-order valence-electron chi connectivity index (χ0n) is 6.62. The molecule has 2 aromatic rings. The fraction of sp³-hybridized carbons (Fsp3) is 0. The zero-order chi connectivity index (χ0) is 9.26. The number of rotatable bonds is 1. The highest BCUT2D eigenvalue weighted by Gasteiger charge is 2.08. The van der Waals surface area contributed by atoms with Gasteiger partial charge in [-0.2, -0.15) is 10.2 Å². The maximum absolute atomic E-state index is 5.55. The predicted octanol–water partition coefficient (Wildman–Crippen LogP) is -0.969. The molecule has 0 aliphatic rings. The van der Waals surface area contributed by atoms with Crippen LogP contribution in [0.5, 0.6) is 0 Å². The lowest BCUT2D eigenvalue weighted by Gasteiger charge is -1.98. The number of nitrogens with zero attached hydrogens (tertiary/aromatic N) is 5. The molecule has 13 heavy (non-hydrogen) atoms. The number of hydrogen-bond donors (Lipinski definition) is 2. The molecule has 0 aromatic carbocycles. The molecule has 0 aliphatic heterocycles. The molecule has 0 atom stereocenters. The molecular formula is C6H7N7. The molecule has 0 radical (unpaired) electrons. The van der Waals surface area contributed by atoms with E-state index in [2.05, 4.69) is 20.4 Å². The molecule has 0 fully saturated rings. The first-order chi connectivity index (χ1) is 6.29. The smallest absolute Gasteiger partial charge is 0.241 e. The van der Waals surface area contributed by atoms with Gasteiger partial charge in [0.15, 0.2) is 5.82 Å². The van der Waals surface area contributed by atoms with Gasteiger partial charge < -0.3 is 11.6 Å². The van der Waals surface area contributed by atoms with E-state index in [4.69, 9.17) is 11.6 Å². The Balaban J connectivity index is 2.53. The molecule has 0 unspecified atom stereocenters. The van der Waals surface area contributed by atoms with Crippen molar-refractivity contribution in [1.29, 1.82) is 0 Å². The SMILES string of the molecule is Nc1nnc(-c2ccnnc2)n1N. The molecule has 0 aliphatic carbocycles. The second kappa shape index (κ2) is 2.70. The molecule has 0 saturated carbocycles. The van der Waals surface area contributed by atoms with Gasteiger partial charge in [-0.05, 0) is 6.07 Å². The minimum atomic E-state index is 0.159. The second-order valence-corrected chi connectivity index (χ2v) is 2.38. The molecule has 4 N–H and O–H groups in total. The standard InChI is InChI=1S/C6H7N7/c7-6-12-11-5(13(6)8)4-1-2-9-10-3-4/h1-3H,8H2,(H2,7,12). The third kappa shape index (κ3) is 1.15. The van der Waals surface area contributed by atoms with Gasteiger partial charge in [0, 0.05) is 5.56 Å². The normalized spacial score (nSPS) is 10.2. The van der Waals surface area contributed by atoms with Crippen molar-refractivity contribution in [3.63, 3.8) is 0 Å².